The Kier molecular flexibility index (Phi) is 4.53. The number of thioether (sulfide) groups is 1. The fraction of sp³-hybridized carbons (Fsp3) is 0.500. The van der Waals surface area contributed by atoms with E-state index in [1.807, 2.05) is 13.0 Å². The van der Waals surface area contributed by atoms with Crippen LogP contribution in [0, 0.1) is 11.3 Å². The molecule has 0 saturated heterocycles. The van der Waals surface area contributed by atoms with Gasteiger partial charge in [-0.2, -0.15) is 5.26 Å². The van der Waals surface area contributed by atoms with Crippen LogP contribution < -0.4 is 5.32 Å². The second kappa shape index (κ2) is 5.69. The molecule has 0 amide bonds. The summed E-state index contributed by atoms with van der Waals surface area (Å²) in [5.74, 6) is 0.863. The molecule has 4 nitrogen and oxygen atoms in total. The maximum Gasteiger partial charge on any atom is 0.116 e. The van der Waals surface area contributed by atoms with Crippen LogP contribution in [0.4, 0.5) is 0 Å². The molecule has 1 aromatic rings. The van der Waals surface area contributed by atoms with E-state index in [1.54, 1.807) is 25.0 Å². The number of rotatable bonds is 5. The van der Waals surface area contributed by atoms with E-state index in [2.05, 4.69) is 21.4 Å². The molecular weight excluding hydrogens is 208 g/mol. The zero-order valence-electron chi connectivity index (χ0n) is 8.90. The van der Waals surface area contributed by atoms with E-state index < -0.39 is 5.54 Å². The summed E-state index contributed by atoms with van der Waals surface area (Å²) >= 11 is 1.64. The van der Waals surface area contributed by atoms with E-state index in [-0.39, 0.29) is 0 Å². The van der Waals surface area contributed by atoms with Gasteiger partial charge in [0.05, 0.1) is 11.1 Å². The van der Waals surface area contributed by atoms with Gasteiger partial charge < -0.3 is 5.32 Å². The average molecular weight is 222 g/mol. The molecule has 1 atom stereocenters. The monoisotopic (exact) mass is 222 g/mol. The molecule has 1 heterocycles. The van der Waals surface area contributed by atoms with E-state index >= 15 is 0 Å². The van der Waals surface area contributed by atoms with Crippen LogP contribution in [0.25, 0.3) is 0 Å². The Bertz CT molecular complexity index is 335. The average Bonchev–Trinajstić information content (AvgIpc) is 2.30. The Balaban J connectivity index is 2.37. The highest BCUT2D eigenvalue weighted by Crippen LogP contribution is 2.18. The lowest BCUT2D eigenvalue weighted by atomic mass is 10.0. The van der Waals surface area contributed by atoms with Crippen molar-refractivity contribution >= 4 is 11.8 Å². The molecule has 0 radical (unpaired) electrons. The third kappa shape index (κ3) is 3.86. The smallest absolute Gasteiger partial charge is 0.116 e. The molecule has 0 fully saturated rings. The number of hydrogen-bond donors (Lipinski definition) is 1. The van der Waals surface area contributed by atoms with Crippen molar-refractivity contribution < 1.29 is 0 Å². The molecule has 1 unspecified atom stereocenters. The first-order valence-corrected chi connectivity index (χ1v) is 5.68. The summed E-state index contributed by atoms with van der Waals surface area (Å²) in [7, 11) is 1.80. The molecule has 0 aliphatic heterocycles. The molecule has 5 heteroatoms. The van der Waals surface area contributed by atoms with Crippen molar-refractivity contribution in [2.24, 2.45) is 0 Å². The van der Waals surface area contributed by atoms with Crippen LogP contribution in [0.15, 0.2) is 23.6 Å². The van der Waals surface area contributed by atoms with Gasteiger partial charge >= 0.3 is 0 Å². The highest BCUT2D eigenvalue weighted by molar-refractivity contribution is 7.99. The molecule has 15 heavy (non-hydrogen) atoms. The second-order valence-electron chi connectivity index (χ2n) is 3.34. The maximum absolute atomic E-state index is 8.94. The molecule has 0 aromatic carbocycles. The summed E-state index contributed by atoms with van der Waals surface area (Å²) in [6.45, 7) is 1.90. The number of nitrogens with one attached hydrogen (secondary N) is 1. The fourth-order valence-electron chi connectivity index (χ4n) is 0.960. The Labute approximate surface area is 94.1 Å². The van der Waals surface area contributed by atoms with Crippen LogP contribution in [0.3, 0.4) is 0 Å². The van der Waals surface area contributed by atoms with Crippen LogP contribution in [0.1, 0.15) is 13.3 Å². The molecule has 80 valence electrons. The molecule has 0 bridgehead atoms. The van der Waals surface area contributed by atoms with Crippen molar-refractivity contribution in [1.82, 2.24) is 15.3 Å². The number of hydrogen-bond acceptors (Lipinski definition) is 5. The Hall–Kier alpha value is -1.12. The third-order valence-electron chi connectivity index (χ3n) is 2.21. The zero-order valence-corrected chi connectivity index (χ0v) is 9.71. The van der Waals surface area contributed by atoms with Gasteiger partial charge in [-0.1, -0.05) is 0 Å². The maximum atomic E-state index is 8.94. The van der Waals surface area contributed by atoms with Crippen LogP contribution >= 0.6 is 11.8 Å². The summed E-state index contributed by atoms with van der Waals surface area (Å²) in [6.07, 6.45) is 4.04. The van der Waals surface area contributed by atoms with Crippen LogP contribution in [0.2, 0.25) is 0 Å². The Morgan fingerprint density at radius 2 is 2.47 bits per heavy atom. The molecule has 0 aliphatic carbocycles. The van der Waals surface area contributed by atoms with E-state index in [0.717, 1.165) is 17.2 Å². The van der Waals surface area contributed by atoms with Crippen molar-refractivity contribution in [3.05, 3.63) is 18.6 Å². The molecular formula is C10H14N4S. The predicted molar refractivity (Wildman–Crippen MR) is 60.5 cm³/mol. The second-order valence-corrected chi connectivity index (χ2v) is 4.46. The van der Waals surface area contributed by atoms with Crippen molar-refractivity contribution in [3.8, 4) is 6.07 Å². The topological polar surface area (TPSA) is 61.6 Å². The van der Waals surface area contributed by atoms with Gasteiger partial charge in [-0.25, -0.2) is 9.97 Å². The van der Waals surface area contributed by atoms with Gasteiger partial charge in [0.15, 0.2) is 0 Å². The normalized spacial score (nSPS) is 14.2. The van der Waals surface area contributed by atoms with Gasteiger partial charge in [0.1, 0.15) is 11.9 Å². The first-order chi connectivity index (χ1) is 7.20. The quantitative estimate of drug-likeness (QED) is 0.603. The fourth-order valence-corrected chi connectivity index (χ4v) is 1.96. The highest BCUT2D eigenvalue weighted by atomic mass is 32.2. The van der Waals surface area contributed by atoms with E-state index in [1.165, 1.54) is 6.33 Å². The van der Waals surface area contributed by atoms with Crippen molar-refractivity contribution in [1.29, 1.82) is 5.26 Å². The summed E-state index contributed by atoms with van der Waals surface area (Å²) < 4.78 is 0. The van der Waals surface area contributed by atoms with Crippen molar-refractivity contribution in [2.45, 2.75) is 23.9 Å². The first kappa shape index (κ1) is 12.0. The highest BCUT2D eigenvalue weighted by Gasteiger charge is 2.20. The third-order valence-corrected chi connectivity index (χ3v) is 3.15. The molecule has 1 N–H and O–H groups in total. The van der Waals surface area contributed by atoms with E-state index in [0.29, 0.717) is 0 Å². The van der Waals surface area contributed by atoms with Gasteiger partial charge in [-0.05, 0) is 26.5 Å². The number of nitriles is 1. The minimum Gasteiger partial charge on any atom is -0.303 e. The SMILES string of the molecule is CNC(C)(C#N)CCSc1ccncn1. The summed E-state index contributed by atoms with van der Waals surface area (Å²) in [5.41, 5.74) is -0.444. The number of aromatic nitrogens is 2. The Morgan fingerprint density at radius 3 is 3.00 bits per heavy atom. The largest absolute Gasteiger partial charge is 0.303 e. The molecule has 0 saturated carbocycles. The summed E-state index contributed by atoms with van der Waals surface area (Å²) in [4.78, 5) is 7.94. The van der Waals surface area contributed by atoms with Gasteiger partial charge in [0, 0.05) is 11.9 Å². The van der Waals surface area contributed by atoms with Gasteiger partial charge in [-0.3, -0.25) is 0 Å². The molecule has 0 aliphatic rings. The van der Waals surface area contributed by atoms with E-state index in [4.69, 9.17) is 5.26 Å². The first-order valence-electron chi connectivity index (χ1n) is 4.69. The lowest BCUT2D eigenvalue weighted by Crippen LogP contribution is -2.38. The van der Waals surface area contributed by atoms with Gasteiger partial charge in [0.2, 0.25) is 0 Å². The van der Waals surface area contributed by atoms with E-state index in [9.17, 15) is 0 Å². The van der Waals surface area contributed by atoms with Crippen LogP contribution in [-0.4, -0.2) is 28.3 Å². The molecule has 1 rings (SSSR count). The van der Waals surface area contributed by atoms with Gasteiger partial charge in [0.25, 0.3) is 0 Å². The Morgan fingerprint density at radius 1 is 1.67 bits per heavy atom. The summed E-state index contributed by atoms with van der Waals surface area (Å²) in [6, 6.07) is 4.13. The van der Waals surface area contributed by atoms with Crippen molar-refractivity contribution in [2.75, 3.05) is 12.8 Å². The lowest BCUT2D eigenvalue weighted by Gasteiger charge is -2.19. The van der Waals surface area contributed by atoms with Crippen molar-refractivity contribution in [3.63, 3.8) is 0 Å². The zero-order chi connectivity index (χ0) is 11.1. The molecule has 1 aromatic heterocycles. The van der Waals surface area contributed by atoms with Crippen LogP contribution in [-0.2, 0) is 0 Å². The van der Waals surface area contributed by atoms with Gasteiger partial charge in [-0.15, -0.1) is 11.8 Å². The minimum atomic E-state index is -0.444. The van der Waals surface area contributed by atoms with Crippen LogP contribution in [0.5, 0.6) is 0 Å². The lowest BCUT2D eigenvalue weighted by molar-refractivity contribution is 0.479. The molecule has 0 spiro atoms. The summed E-state index contributed by atoms with van der Waals surface area (Å²) in [5, 5.41) is 12.9. The minimum absolute atomic E-state index is 0.444. The number of nitrogens with zero attached hydrogens (tertiary/aromatic N) is 3. The standard InChI is InChI=1S/C10H14N4S/c1-10(7-11,12-2)4-6-15-9-3-5-13-8-14-9/h3,5,8,12H,4,6H2,1-2H3. The predicted octanol–water partition coefficient (Wildman–Crippen LogP) is 1.46.